The molecule has 3 rings (SSSR count). The fraction of sp³-hybridized carbons (Fsp3) is 0.261. The van der Waals surface area contributed by atoms with E-state index in [0.717, 1.165) is 24.3 Å². The third kappa shape index (κ3) is 5.31. The number of nitrogens with zero attached hydrogens (tertiary/aromatic N) is 3. The first-order chi connectivity index (χ1) is 14.1. The molecule has 0 aliphatic carbocycles. The van der Waals surface area contributed by atoms with Crippen LogP contribution in [0.2, 0.25) is 0 Å². The zero-order chi connectivity index (χ0) is 20.6. The number of anilines is 3. The Kier molecular flexibility index (Phi) is 6.79. The molecule has 1 unspecified atom stereocenters. The van der Waals surface area contributed by atoms with Crippen molar-refractivity contribution in [3.05, 3.63) is 78.1 Å². The van der Waals surface area contributed by atoms with Crippen molar-refractivity contribution in [1.29, 1.82) is 0 Å². The van der Waals surface area contributed by atoms with Crippen LogP contribution in [0.1, 0.15) is 42.9 Å². The summed E-state index contributed by atoms with van der Waals surface area (Å²) >= 11 is 0. The molecule has 1 amide bonds. The number of carbonyl (C=O) groups is 1. The van der Waals surface area contributed by atoms with Crippen LogP contribution in [0.15, 0.2) is 66.9 Å². The summed E-state index contributed by atoms with van der Waals surface area (Å²) in [5.41, 5.74) is 3.41. The second-order valence-electron chi connectivity index (χ2n) is 6.72. The van der Waals surface area contributed by atoms with Crippen molar-refractivity contribution in [2.24, 2.45) is 0 Å². The minimum atomic E-state index is -0.233. The van der Waals surface area contributed by atoms with Gasteiger partial charge in [0.2, 0.25) is 5.95 Å². The fourth-order valence-electron chi connectivity index (χ4n) is 3.11. The normalized spacial score (nSPS) is 11.6. The maximum atomic E-state index is 12.6. The molecule has 6 heteroatoms. The van der Waals surface area contributed by atoms with Crippen molar-refractivity contribution in [2.45, 2.75) is 26.8 Å². The first kappa shape index (κ1) is 20.3. The fourth-order valence-corrected chi connectivity index (χ4v) is 3.11. The summed E-state index contributed by atoms with van der Waals surface area (Å²) in [6.45, 7) is 8.15. The maximum Gasteiger partial charge on any atom is 0.270 e. The first-order valence-electron chi connectivity index (χ1n) is 9.91. The minimum absolute atomic E-state index is 0.109. The SMILES string of the molecule is CCN(CC)c1ccc(Nc2nccc(C(=O)NC(C)c3ccccc3)n2)cc1. The van der Waals surface area contributed by atoms with Gasteiger partial charge in [-0.25, -0.2) is 9.97 Å². The molecule has 2 aromatic carbocycles. The molecule has 29 heavy (non-hydrogen) atoms. The average molecular weight is 390 g/mol. The van der Waals surface area contributed by atoms with Crippen LogP contribution in [0.25, 0.3) is 0 Å². The number of amides is 1. The van der Waals surface area contributed by atoms with Gasteiger partial charge in [-0.2, -0.15) is 0 Å². The second-order valence-corrected chi connectivity index (χ2v) is 6.72. The van der Waals surface area contributed by atoms with Crippen molar-refractivity contribution in [3.8, 4) is 0 Å². The van der Waals surface area contributed by atoms with E-state index in [0.29, 0.717) is 11.6 Å². The number of aromatic nitrogens is 2. The van der Waals surface area contributed by atoms with Gasteiger partial charge in [0.25, 0.3) is 5.91 Å². The van der Waals surface area contributed by atoms with Crippen LogP contribution >= 0.6 is 0 Å². The van der Waals surface area contributed by atoms with Gasteiger partial charge in [0.05, 0.1) is 6.04 Å². The number of hydrogen-bond acceptors (Lipinski definition) is 5. The topological polar surface area (TPSA) is 70.2 Å². The molecule has 0 radical (unpaired) electrons. The van der Waals surface area contributed by atoms with Gasteiger partial charge in [0.1, 0.15) is 5.69 Å². The molecule has 1 atom stereocenters. The standard InChI is InChI=1S/C23H27N5O/c1-4-28(5-2)20-13-11-19(12-14-20)26-23-24-16-15-21(27-23)22(29)25-17(3)18-9-7-6-8-10-18/h6-17H,4-5H2,1-3H3,(H,25,29)(H,24,26,27). The van der Waals surface area contributed by atoms with Crippen molar-refractivity contribution in [1.82, 2.24) is 15.3 Å². The number of rotatable bonds is 8. The van der Waals surface area contributed by atoms with E-state index in [1.807, 2.05) is 49.4 Å². The maximum absolute atomic E-state index is 12.6. The van der Waals surface area contributed by atoms with E-state index >= 15 is 0 Å². The van der Waals surface area contributed by atoms with Gasteiger partial charge in [-0.1, -0.05) is 30.3 Å². The van der Waals surface area contributed by atoms with Crippen LogP contribution in [-0.2, 0) is 0 Å². The number of benzene rings is 2. The Morgan fingerprint density at radius 1 is 1.00 bits per heavy atom. The van der Waals surface area contributed by atoms with Crippen molar-refractivity contribution < 1.29 is 4.79 Å². The molecular formula is C23H27N5O. The van der Waals surface area contributed by atoms with E-state index in [9.17, 15) is 4.79 Å². The van der Waals surface area contributed by atoms with Gasteiger partial charge in [-0.15, -0.1) is 0 Å². The Labute approximate surface area is 172 Å². The highest BCUT2D eigenvalue weighted by atomic mass is 16.1. The highest BCUT2D eigenvalue weighted by molar-refractivity contribution is 5.92. The molecule has 0 aliphatic heterocycles. The molecule has 0 fully saturated rings. The van der Waals surface area contributed by atoms with Gasteiger partial charge in [0.15, 0.2) is 0 Å². The summed E-state index contributed by atoms with van der Waals surface area (Å²) in [6.07, 6.45) is 1.59. The number of hydrogen-bond donors (Lipinski definition) is 2. The van der Waals surface area contributed by atoms with Crippen molar-refractivity contribution in [3.63, 3.8) is 0 Å². The monoisotopic (exact) mass is 389 g/mol. The van der Waals surface area contributed by atoms with Crippen LogP contribution in [-0.4, -0.2) is 29.0 Å². The third-order valence-corrected chi connectivity index (χ3v) is 4.79. The predicted molar refractivity (Wildman–Crippen MR) is 118 cm³/mol. The predicted octanol–water partition coefficient (Wildman–Crippen LogP) is 4.56. The van der Waals surface area contributed by atoms with Gasteiger partial charge in [-0.05, 0) is 56.7 Å². The average Bonchev–Trinajstić information content (AvgIpc) is 2.76. The molecule has 0 saturated carbocycles. The molecule has 0 bridgehead atoms. The van der Waals surface area contributed by atoms with Gasteiger partial charge < -0.3 is 15.5 Å². The molecule has 1 heterocycles. The van der Waals surface area contributed by atoms with Crippen molar-refractivity contribution in [2.75, 3.05) is 23.3 Å². The Morgan fingerprint density at radius 2 is 1.69 bits per heavy atom. The zero-order valence-electron chi connectivity index (χ0n) is 17.1. The van der Waals surface area contributed by atoms with Crippen LogP contribution in [0.3, 0.4) is 0 Å². The van der Waals surface area contributed by atoms with Crippen LogP contribution in [0, 0.1) is 0 Å². The lowest BCUT2D eigenvalue weighted by molar-refractivity contribution is 0.0935. The van der Waals surface area contributed by atoms with Gasteiger partial charge in [0, 0.05) is 30.7 Å². The van der Waals surface area contributed by atoms with E-state index in [1.165, 1.54) is 5.69 Å². The van der Waals surface area contributed by atoms with Gasteiger partial charge in [-0.3, -0.25) is 4.79 Å². The summed E-state index contributed by atoms with van der Waals surface area (Å²) in [7, 11) is 0. The minimum Gasteiger partial charge on any atom is -0.372 e. The highest BCUT2D eigenvalue weighted by Crippen LogP contribution is 2.20. The molecule has 0 aliphatic rings. The smallest absolute Gasteiger partial charge is 0.270 e. The lowest BCUT2D eigenvalue weighted by Crippen LogP contribution is -2.27. The highest BCUT2D eigenvalue weighted by Gasteiger charge is 2.13. The van der Waals surface area contributed by atoms with Crippen LogP contribution < -0.4 is 15.5 Å². The Morgan fingerprint density at radius 3 is 2.34 bits per heavy atom. The summed E-state index contributed by atoms with van der Waals surface area (Å²) < 4.78 is 0. The van der Waals surface area contributed by atoms with E-state index in [4.69, 9.17) is 0 Å². The Balaban J connectivity index is 1.67. The molecule has 0 saturated heterocycles. The Hall–Kier alpha value is -3.41. The van der Waals surface area contributed by atoms with Crippen molar-refractivity contribution >= 4 is 23.2 Å². The van der Waals surface area contributed by atoms with E-state index in [1.54, 1.807) is 12.3 Å². The summed E-state index contributed by atoms with van der Waals surface area (Å²) in [6, 6.07) is 19.4. The Bertz CT molecular complexity index is 924. The number of carbonyl (C=O) groups excluding carboxylic acids is 1. The van der Waals surface area contributed by atoms with E-state index in [-0.39, 0.29) is 11.9 Å². The molecule has 1 aromatic heterocycles. The molecule has 150 valence electrons. The third-order valence-electron chi connectivity index (χ3n) is 4.79. The quantitative estimate of drug-likeness (QED) is 0.591. The molecule has 3 aromatic rings. The van der Waals surface area contributed by atoms with Crippen LogP contribution in [0.5, 0.6) is 0 Å². The molecular weight excluding hydrogens is 362 g/mol. The molecule has 6 nitrogen and oxygen atoms in total. The molecule has 2 N–H and O–H groups in total. The lowest BCUT2D eigenvalue weighted by Gasteiger charge is -2.21. The lowest BCUT2D eigenvalue weighted by atomic mass is 10.1. The van der Waals surface area contributed by atoms with Crippen LogP contribution in [0.4, 0.5) is 17.3 Å². The summed E-state index contributed by atoms with van der Waals surface area (Å²) in [5.74, 6) is 0.157. The molecule has 0 spiro atoms. The van der Waals surface area contributed by atoms with Gasteiger partial charge >= 0.3 is 0 Å². The zero-order valence-corrected chi connectivity index (χ0v) is 17.1. The number of nitrogens with one attached hydrogen (secondary N) is 2. The first-order valence-corrected chi connectivity index (χ1v) is 9.91. The second kappa shape index (κ2) is 9.68. The largest absolute Gasteiger partial charge is 0.372 e. The summed E-state index contributed by atoms with van der Waals surface area (Å²) in [5, 5.41) is 6.14. The van der Waals surface area contributed by atoms with E-state index in [2.05, 4.69) is 51.5 Å². The summed E-state index contributed by atoms with van der Waals surface area (Å²) in [4.78, 5) is 23.5. The van der Waals surface area contributed by atoms with E-state index < -0.39 is 0 Å².